The molecule has 6 nitrogen and oxygen atoms in total. The molecule has 22 heavy (non-hydrogen) atoms. The van der Waals surface area contributed by atoms with E-state index in [0.29, 0.717) is 6.42 Å². The van der Waals surface area contributed by atoms with Crippen molar-refractivity contribution in [3.05, 3.63) is 0 Å². The largest absolute Gasteiger partial charge is 0.458 e. The van der Waals surface area contributed by atoms with E-state index in [0.717, 1.165) is 44.8 Å². The van der Waals surface area contributed by atoms with E-state index < -0.39 is 27.4 Å². The zero-order chi connectivity index (χ0) is 16.2. The Kier molecular flexibility index (Phi) is 3.81. The molecule has 0 aromatic heterocycles. The second-order valence-electron chi connectivity index (χ2n) is 7.01. The molecule has 0 aromatic carbocycles. The minimum atomic E-state index is -3.63. The molecule has 3 aliphatic carbocycles. The van der Waals surface area contributed by atoms with Crippen molar-refractivity contribution in [3.8, 4) is 0 Å². The van der Waals surface area contributed by atoms with Gasteiger partial charge in [-0.2, -0.15) is 8.42 Å². The first kappa shape index (κ1) is 16.2. The van der Waals surface area contributed by atoms with Gasteiger partial charge in [-0.3, -0.25) is 8.98 Å². The van der Waals surface area contributed by atoms with Gasteiger partial charge in [-0.25, -0.2) is 0 Å². The highest BCUT2D eigenvalue weighted by molar-refractivity contribution is 7.86. The third kappa shape index (κ3) is 2.29. The molecule has 7 heteroatoms. The number of carbonyl (C=O) groups excluding carboxylic acids is 1. The summed E-state index contributed by atoms with van der Waals surface area (Å²) in [7, 11) is -3.63. The quantitative estimate of drug-likeness (QED) is 0.620. The highest BCUT2D eigenvalue weighted by Gasteiger charge is 2.76. The van der Waals surface area contributed by atoms with Crippen molar-refractivity contribution in [3.63, 3.8) is 0 Å². The zero-order valence-electron chi connectivity index (χ0n) is 13.1. The van der Waals surface area contributed by atoms with Crippen LogP contribution in [0.25, 0.3) is 0 Å². The van der Waals surface area contributed by atoms with Gasteiger partial charge < -0.3 is 9.84 Å². The fourth-order valence-electron chi connectivity index (χ4n) is 5.21. The standard InChI is InChI=1S/C15H24O6S/c1-10(16)20-14-9-4-3-6-11(14)15(17)12(14)7-5-8-13(15)21-22(2,18)19/h11-13,17H,3-9H2,1-2H3/t11-,12+,13-,14+,15+/m0/s1. The lowest BCUT2D eigenvalue weighted by atomic mass is 9.41. The van der Waals surface area contributed by atoms with Crippen LogP contribution in [0.3, 0.4) is 0 Å². The van der Waals surface area contributed by atoms with Gasteiger partial charge in [0.15, 0.2) is 0 Å². The molecule has 3 rings (SSSR count). The van der Waals surface area contributed by atoms with E-state index in [1.165, 1.54) is 6.92 Å². The highest BCUT2D eigenvalue weighted by atomic mass is 32.2. The van der Waals surface area contributed by atoms with Crippen molar-refractivity contribution in [2.45, 2.75) is 69.2 Å². The third-order valence-corrected chi connectivity index (χ3v) is 6.29. The molecule has 0 heterocycles. The van der Waals surface area contributed by atoms with E-state index in [2.05, 4.69) is 0 Å². The lowest BCUT2D eigenvalue weighted by Crippen LogP contribution is -2.80. The number of hydrogen-bond donors (Lipinski definition) is 1. The van der Waals surface area contributed by atoms with Gasteiger partial charge in [-0.05, 0) is 32.1 Å². The Balaban J connectivity index is 1.93. The molecule has 0 aromatic rings. The monoisotopic (exact) mass is 332 g/mol. The Morgan fingerprint density at radius 3 is 2.36 bits per heavy atom. The minimum absolute atomic E-state index is 0.227. The Labute approximate surface area is 131 Å². The van der Waals surface area contributed by atoms with Gasteiger partial charge in [0.2, 0.25) is 0 Å². The Hall–Kier alpha value is -0.660. The predicted molar refractivity (Wildman–Crippen MR) is 78.5 cm³/mol. The van der Waals surface area contributed by atoms with Crippen LogP contribution in [0.1, 0.15) is 51.9 Å². The lowest BCUT2D eigenvalue weighted by molar-refractivity contribution is -0.342. The first-order valence-corrected chi connectivity index (χ1v) is 9.82. The molecule has 0 amide bonds. The van der Waals surface area contributed by atoms with Crippen molar-refractivity contribution in [2.24, 2.45) is 11.8 Å². The van der Waals surface area contributed by atoms with Gasteiger partial charge in [0.1, 0.15) is 17.3 Å². The van der Waals surface area contributed by atoms with Crippen LogP contribution in [0.15, 0.2) is 0 Å². The van der Waals surface area contributed by atoms with E-state index in [9.17, 15) is 18.3 Å². The first-order chi connectivity index (χ1) is 10.2. The van der Waals surface area contributed by atoms with Gasteiger partial charge in [-0.15, -0.1) is 0 Å². The lowest BCUT2D eigenvalue weighted by Gasteiger charge is -2.69. The Morgan fingerprint density at radius 2 is 1.77 bits per heavy atom. The molecule has 1 N–H and O–H groups in total. The molecule has 3 fully saturated rings. The topological polar surface area (TPSA) is 89.9 Å². The number of rotatable bonds is 3. The fourth-order valence-corrected chi connectivity index (χ4v) is 5.88. The SMILES string of the molecule is CC(=O)O[C@]12CCCC[C@@H]1[C@]1(O)[C@@H](OS(C)(=O)=O)CCC[C@H]21. The smallest absolute Gasteiger partial charge is 0.303 e. The normalized spacial score (nSPS) is 44.4. The molecular formula is C15H24O6S. The van der Waals surface area contributed by atoms with Gasteiger partial charge in [0, 0.05) is 18.8 Å². The molecule has 0 unspecified atom stereocenters. The zero-order valence-corrected chi connectivity index (χ0v) is 13.9. The molecule has 0 saturated heterocycles. The molecule has 3 saturated carbocycles. The maximum absolute atomic E-state index is 11.6. The van der Waals surface area contributed by atoms with Crippen molar-refractivity contribution in [2.75, 3.05) is 6.26 Å². The van der Waals surface area contributed by atoms with Crippen molar-refractivity contribution >= 4 is 16.1 Å². The first-order valence-electron chi connectivity index (χ1n) is 8.00. The molecule has 0 aliphatic heterocycles. The molecule has 126 valence electrons. The van der Waals surface area contributed by atoms with Crippen LogP contribution in [0, 0.1) is 11.8 Å². The Bertz CT molecular complexity index is 559. The molecule has 3 aliphatic rings. The second kappa shape index (κ2) is 5.18. The molecule has 0 radical (unpaired) electrons. The van der Waals surface area contributed by atoms with Crippen molar-refractivity contribution in [1.29, 1.82) is 0 Å². The van der Waals surface area contributed by atoms with E-state index in [1.807, 2.05) is 0 Å². The van der Waals surface area contributed by atoms with Crippen molar-refractivity contribution in [1.82, 2.24) is 0 Å². The summed E-state index contributed by atoms with van der Waals surface area (Å²) in [6.07, 6.45) is 5.72. The second-order valence-corrected chi connectivity index (χ2v) is 8.61. The molecule has 0 bridgehead atoms. The third-order valence-electron chi connectivity index (χ3n) is 5.71. The summed E-state index contributed by atoms with van der Waals surface area (Å²) in [5, 5.41) is 11.2. The summed E-state index contributed by atoms with van der Waals surface area (Å²) in [5.41, 5.74) is -1.82. The van der Waals surface area contributed by atoms with Crippen LogP contribution in [0.5, 0.6) is 0 Å². The van der Waals surface area contributed by atoms with Gasteiger partial charge in [0.05, 0.1) is 6.26 Å². The summed E-state index contributed by atoms with van der Waals surface area (Å²) in [4.78, 5) is 11.6. The van der Waals surface area contributed by atoms with Crippen LogP contribution in [0.2, 0.25) is 0 Å². The maximum atomic E-state index is 11.6. The molecular weight excluding hydrogens is 308 g/mol. The Morgan fingerprint density at radius 1 is 1.14 bits per heavy atom. The summed E-state index contributed by atoms with van der Waals surface area (Å²) in [6.45, 7) is 1.39. The van der Waals surface area contributed by atoms with E-state index in [1.54, 1.807) is 0 Å². The van der Waals surface area contributed by atoms with Crippen LogP contribution in [0.4, 0.5) is 0 Å². The fraction of sp³-hybridized carbons (Fsp3) is 0.933. The van der Waals surface area contributed by atoms with Crippen LogP contribution < -0.4 is 0 Å². The molecule has 5 atom stereocenters. The summed E-state index contributed by atoms with van der Waals surface area (Å²) in [5.74, 6) is -0.787. The predicted octanol–water partition coefficient (Wildman–Crippen LogP) is 1.37. The van der Waals surface area contributed by atoms with Gasteiger partial charge >= 0.3 is 5.97 Å². The average Bonchev–Trinajstić information content (AvgIpc) is 2.38. The summed E-state index contributed by atoms with van der Waals surface area (Å²) < 4.78 is 33.9. The average molecular weight is 332 g/mol. The summed E-state index contributed by atoms with van der Waals surface area (Å²) >= 11 is 0. The molecule has 0 spiro atoms. The van der Waals surface area contributed by atoms with Crippen LogP contribution in [-0.2, 0) is 23.8 Å². The van der Waals surface area contributed by atoms with Gasteiger partial charge in [0.25, 0.3) is 10.1 Å². The number of hydrogen-bond acceptors (Lipinski definition) is 6. The van der Waals surface area contributed by atoms with E-state index >= 15 is 0 Å². The highest BCUT2D eigenvalue weighted by Crippen LogP contribution is 2.66. The van der Waals surface area contributed by atoms with E-state index in [-0.39, 0.29) is 17.8 Å². The van der Waals surface area contributed by atoms with E-state index in [4.69, 9.17) is 8.92 Å². The number of carbonyl (C=O) groups is 1. The minimum Gasteiger partial charge on any atom is -0.458 e. The number of aliphatic hydroxyl groups is 1. The number of fused-ring (bicyclic) bond motifs is 4. The van der Waals surface area contributed by atoms with Gasteiger partial charge in [-0.1, -0.05) is 12.8 Å². The summed E-state index contributed by atoms with van der Waals surface area (Å²) in [6, 6.07) is 0. The number of esters is 1. The number of ether oxygens (including phenoxy) is 1. The maximum Gasteiger partial charge on any atom is 0.303 e. The van der Waals surface area contributed by atoms with Crippen LogP contribution >= 0.6 is 0 Å². The van der Waals surface area contributed by atoms with Crippen molar-refractivity contribution < 1.29 is 27.2 Å². The van der Waals surface area contributed by atoms with Crippen LogP contribution in [-0.4, -0.2) is 43.1 Å².